The second-order valence-electron chi connectivity index (χ2n) is 5.69. The Labute approximate surface area is 124 Å². The minimum atomic E-state index is -0.275. The predicted molar refractivity (Wildman–Crippen MR) is 84.5 cm³/mol. The van der Waals surface area contributed by atoms with Crippen molar-refractivity contribution < 1.29 is 4.42 Å². The number of allylic oxidation sites excluding steroid dienone is 1. The lowest BCUT2D eigenvalue weighted by atomic mass is 9.95. The molecule has 1 aromatic heterocycles. The van der Waals surface area contributed by atoms with Crippen LogP contribution in [0.5, 0.6) is 0 Å². The number of oxazole rings is 1. The first-order valence-corrected chi connectivity index (χ1v) is 7.76. The fourth-order valence-electron chi connectivity index (χ4n) is 3.01. The molecule has 21 heavy (non-hydrogen) atoms. The molecule has 0 bridgehead atoms. The van der Waals surface area contributed by atoms with Gasteiger partial charge in [-0.2, -0.15) is 0 Å². The molecule has 0 spiro atoms. The zero-order valence-corrected chi connectivity index (χ0v) is 12.5. The van der Waals surface area contributed by atoms with Crippen LogP contribution in [0.1, 0.15) is 32.6 Å². The van der Waals surface area contributed by atoms with Crippen LogP contribution in [-0.2, 0) is 6.54 Å². The van der Waals surface area contributed by atoms with Gasteiger partial charge in [-0.3, -0.25) is 4.57 Å². The van der Waals surface area contributed by atoms with Gasteiger partial charge in [-0.05, 0) is 44.7 Å². The third-order valence-corrected chi connectivity index (χ3v) is 4.24. The van der Waals surface area contributed by atoms with Crippen LogP contribution in [0.25, 0.3) is 11.1 Å². The Hall–Kier alpha value is -1.81. The van der Waals surface area contributed by atoms with Crippen molar-refractivity contribution in [2.45, 2.75) is 45.2 Å². The Balaban J connectivity index is 1.63. The second-order valence-corrected chi connectivity index (χ2v) is 5.69. The van der Waals surface area contributed by atoms with Gasteiger partial charge < -0.3 is 9.73 Å². The van der Waals surface area contributed by atoms with Crippen molar-refractivity contribution in [3.63, 3.8) is 0 Å². The van der Waals surface area contributed by atoms with Crippen LogP contribution in [0.2, 0.25) is 0 Å². The third-order valence-electron chi connectivity index (χ3n) is 4.24. The smallest absolute Gasteiger partial charge is 0.408 e. The normalized spacial score (nSPS) is 16.9. The lowest BCUT2D eigenvalue weighted by molar-refractivity contribution is 0.480. The number of hydrogen-bond acceptors (Lipinski definition) is 3. The fourth-order valence-corrected chi connectivity index (χ4v) is 3.01. The second kappa shape index (κ2) is 6.31. The summed E-state index contributed by atoms with van der Waals surface area (Å²) in [7, 11) is 0. The SMILES string of the molecule is CC(NCCn1c(=O)oc2ccccc21)C1=CCCCC1. The minimum absolute atomic E-state index is 0.275. The van der Waals surface area contributed by atoms with Gasteiger partial charge in [-0.15, -0.1) is 0 Å². The van der Waals surface area contributed by atoms with Crippen molar-refractivity contribution in [2.24, 2.45) is 0 Å². The number of nitrogens with one attached hydrogen (secondary N) is 1. The molecule has 1 atom stereocenters. The van der Waals surface area contributed by atoms with Gasteiger partial charge in [0.1, 0.15) is 0 Å². The summed E-state index contributed by atoms with van der Waals surface area (Å²) in [6.45, 7) is 3.60. The van der Waals surface area contributed by atoms with E-state index in [2.05, 4.69) is 18.3 Å². The van der Waals surface area contributed by atoms with Crippen LogP contribution in [-0.4, -0.2) is 17.2 Å². The van der Waals surface area contributed by atoms with E-state index in [-0.39, 0.29) is 5.76 Å². The Morgan fingerprint density at radius 3 is 3.00 bits per heavy atom. The summed E-state index contributed by atoms with van der Waals surface area (Å²) in [6.07, 6.45) is 7.37. The zero-order chi connectivity index (χ0) is 14.7. The molecule has 4 nitrogen and oxygen atoms in total. The molecule has 1 aliphatic carbocycles. The molecular weight excluding hydrogens is 264 g/mol. The monoisotopic (exact) mass is 286 g/mol. The molecule has 0 saturated carbocycles. The first kappa shape index (κ1) is 14.1. The van der Waals surface area contributed by atoms with Crippen molar-refractivity contribution in [2.75, 3.05) is 6.54 Å². The molecule has 1 unspecified atom stereocenters. The predicted octanol–water partition coefficient (Wildman–Crippen LogP) is 3.07. The van der Waals surface area contributed by atoms with Crippen molar-refractivity contribution in [3.8, 4) is 0 Å². The van der Waals surface area contributed by atoms with Gasteiger partial charge in [0.2, 0.25) is 0 Å². The van der Waals surface area contributed by atoms with Crippen LogP contribution in [0.4, 0.5) is 0 Å². The Morgan fingerprint density at radius 1 is 1.33 bits per heavy atom. The molecule has 1 heterocycles. The topological polar surface area (TPSA) is 47.2 Å². The van der Waals surface area contributed by atoms with Gasteiger partial charge in [0.15, 0.2) is 5.58 Å². The molecule has 3 rings (SSSR count). The number of para-hydroxylation sites is 2. The molecular formula is C17H22N2O2. The molecule has 0 radical (unpaired) electrons. The molecule has 1 aliphatic rings. The van der Waals surface area contributed by atoms with E-state index in [0.717, 1.165) is 12.1 Å². The lowest BCUT2D eigenvalue weighted by Gasteiger charge is -2.20. The molecule has 0 amide bonds. The number of benzene rings is 1. The Kier molecular flexibility index (Phi) is 4.25. The highest BCUT2D eigenvalue weighted by Gasteiger charge is 2.12. The summed E-state index contributed by atoms with van der Waals surface area (Å²) in [5.74, 6) is -0.275. The molecule has 4 heteroatoms. The van der Waals surface area contributed by atoms with E-state index < -0.39 is 0 Å². The summed E-state index contributed by atoms with van der Waals surface area (Å²) in [6, 6.07) is 7.95. The van der Waals surface area contributed by atoms with Crippen LogP contribution in [0.3, 0.4) is 0 Å². The number of hydrogen-bond donors (Lipinski definition) is 1. The van der Waals surface area contributed by atoms with Crippen LogP contribution >= 0.6 is 0 Å². The van der Waals surface area contributed by atoms with E-state index in [0.29, 0.717) is 18.2 Å². The van der Waals surface area contributed by atoms with Gasteiger partial charge >= 0.3 is 5.76 Å². The fraction of sp³-hybridized carbons (Fsp3) is 0.471. The molecule has 0 fully saturated rings. The largest absolute Gasteiger partial charge is 0.419 e. The molecule has 0 aliphatic heterocycles. The van der Waals surface area contributed by atoms with E-state index in [1.54, 1.807) is 4.57 Å². The maximum absolute atomic E-state index is 11.9. The summed E-state index contributed by atoms with van der Waals surface area (Å²) in [5.41, 5.74) is 3.03. The summed E-state index contributed by atoms with van der Waals surface area (Å²) in [4.78, 5) is 11.9. The van der Waals surface area contributed by atoms with Crippen LogP contribution in [0, 0.1) is 0 Å². The number of rotatable bonds is 5. The van der Waals surface area contributed by atoms with Gasteiger partial charge in [0.05, 0.1) is 5.52 Å². The average molecular weight is 286 g/mol. The first-order chi connectivity index (χ1) is 10.3. The van der Waals surface area contributed by atoms with Crippen LogP contribution in [0.15, 0.2) is 45.1 Å². The minimum Gasteiger partial charge on any atom is -0.408 e. The van der Waals surface area contributed by atoms with Crippen molar-refractivity contribution in [3.05, 3.63) is 46.5 Å². The maximum Gasteiger partial charge on any atom is 0.419 e. The third kappa shape index (κ3) is 3.10. The highest BCUT2D eigenvalue weighted by atomic mass is 16.4. The van der Waals surface area contributed by atoms with Crippen molar-refractivity contribution >= 4 is 11.1 Å². The van der Waals surface area contributed by atoms with Gasteiger partial charge in [-0.25, -0.2) is 4.79 Å². The molecule has 112 valence electrons. The van der Waals surface area contributed by atoms with Crippen LogP contribution < -0.4 is 11.1 Å². The van der Waals surface area contributed by atoms with Gasteiger partial charge in [-0.1, -0.05) is 23.8 Å². The highest BCUT2D eigenvalue weighted by Crippen LogP contribution is 2.20. The maximum atomic E-state index is 11.9. The summed E-state index contributed by atoms with van der Waals surface area (Å²) >= 11 is 0. The van der Waals surface area contributed by atoms with E-state index in [1.807, 2.05) is 24.3 Å². The number of nitrogens with zero attached hydrogens (tertiary/aromatic N) is 1. The summed E-state index contributed by atoms with van der Waals surface area (Å²) in [5, 5.41) is 3.51. The molecule has 2 aromatic rings. The molecule has 1 aromatic carbocycles. The highest BCUT2D eigenvalue weighted by molar-refractivity contribution is 5.72. The zero-order valence-electron chi connectivity index (χ0n) is 12.5. The number of aromatic nitrogens is 1. The van der Waals surface area contributed by atoms with Crippen molar-refractivity contribution in [1.82, 2.24) is 9.88 Å². The average Bonchev–Trinajstić information content (AvgIpc) is 2.84. The molecule has 1 N–H and O–H groups in total. The van der Waals surface area contributed by atoms with Gasteiger partial charge in [0, 0.05) is 19.1 Å². The van der Waals surface area contributed by atoms with E-state index in [9.17, 15) is 4.79 Å². The van der Waals surface area contributed by atoms with E-state index >= 15 is 0 Å². The number of fused-ring (bicyclic) bond motifs is 1. The lowest BCUT2D eigenvalue weighted by Crippen LogP contribution is -2.33. The Bertz CT molecular complexity index is 696. The van der Waals surface area contributed by atoms with Gasteiger partial charge in [0.25, 0.3) is 0 Å². The standard InChI is InChI=1S/C17H22N2O2/c1-13(14-7-3-2-4-8-14)18-11-12-19-15-9-5-6-10-16(15)21-17(19)20/h5-7,9-10,13,18H,2-4,8,11-12H2,1H3. The quantitative estimate of drug-likeness (QED) is 0.859. The molecule has 0 saturated heterocycles. The first-order valence-electron chi connectivity index (χ1n) is 7.76. The summed E-state index contributed by atoms with van der Waals surface area (Å²) < 4.78 is 6.94. The Morgan fingerprint density at radius 2 is 2.19 bits per heavy atom. The van der Waals surface area contributed by atoms with Crippen molar-refractivity contribution in [1.29, 1.82) is 0 Å². The van der Waals surface area contributed by atoms with E-state index in [4.69, 9.17) is 4.42 Å². The van der Waals surface area contributed by atoms with E-state index in [1.165, 1.54) is 31.3 Å².